The third kappa shape index (κ3) is 2.14. The van der Waals surface area contributed by atoms with E-state index < -0.39 is 0 Å². The van der Waals surface area contributed by atoms with E-state index in [1.165, 1.54) is 0 Å². The van der Waals surface area contributed by atoms with Gasteiger partial charge in [0.15, 0.2) is 0 Å². The van der Waals surface area contributed by atoms with Gasteiger partial charge >= 0.3 is 0 Å². The average Bonchev–Trinajstić information content (AvgIpc) is 2.47. The minimum Gasteiger partial charge on any atom is -0.496 e. The molecule has 0 radical (unpaired) electrons. The first-order valence-electron chi connectivity index (χ1n) is 6.00. The number of ether oxygens (including phenoxy) is 1. The lowest BCUT2D eigenvalue weighted by molar-refractivity contribution is 0.416. The van der Waals surface area contributed by atoms with Gasteiger partial charge in [-0.05, 0) is 35.9 Å². The quantitative estimate of drug-likeness (QED) is 0.787. The van der Waals surface area contributed by atoms with E-state index in [0.29, 0.717) is 10.4 Å². The molecule has 1 N–H and O–H groups in total. The number of halogens is 1. The molecular weight excluding hydrogens is 276 g/mol. The summed E-state index contributed by atoms with van der Waals surface area (Å²) in [6, 6.07) is 11.0. The molecule has 0 saturated heterocycles. The van der Waals surface area contributed by atoms with Crippen LogP contribution in [-0.2, 0) is 0 Å². The van der Waals surface area contributed by atoms with Crippen molar-refractivity contribution in [3.05, 3.63) is 58.0 Å². The molecule has 0 spiro atoms. The van der Waals surface area contributed by atoms with Crippen LogP contribution in [0.25, 0.3) is 21.9 Å². The number of hydrogen-bond donors (Lipinski definition) is 1. The highest BCUT2D eigenvalue weighted by Gasteiger charge is 2.08. The van der Waals surface area contributed by atoms with E-state index in [9.17, 15) is 4.79 Å². The number of fused-ring (bicyclic) bond motifs is 1. The summed E-state index contributed by atoms with van der Waals surface area (Å²) in [7, 11) is 1.61. The highest BCUT2D eigenvalue weighted by Crippen LogP contribution is 2.33. The molecule has 1 heterocycles. The molecule has 4 nitrogen and oxygen atoms in total. The van der Waals surface area contributed by atoms with Crippen LogP contribution in [0.4, 0.5) is 0 Å². The average molecular weight is 287 g/mol. The zero-order valence-corrected chi connectivity index (χ0v) is 11.4. The summed E-state index contributed by atoms with van der Waals surface area (Å²) in [5.74, 6) is 0.728. The topological polar surface area (TPSA) is 55.0 Å². The Morgan fingerprint density at radius 2 is 2.05 bits per heavy atom. The van der Waals surface area contributed by atoms with Crippen LogP contribution in [0.2, 0.25) is 5.02 Å². The summed E-state index contributed by atoms with van der Waals surface area (Å²) < 4.78 is 5.35. The smallest absolute Gasteiger partial charge is 0.272 e. The Morgan fingerprint density at radius 1 is 1.20 bits per heavy atom. The minimum absolute atomic E-state index is 0.202. The maximum Gasteiger partial charge on any atom is 0.272 e. The zero-order valence-electron chi connectivity index (χ0n) is 10.7. The maximum atomic E-state index is 11.6. The zero-order chi connectivity index (χ0) is 14.1. The molecule has 100 valence electrons. The Morgan fingerprint density at radius 3 is 2.85 bits per heavy atom. The Balaban J connectivity index is 2.25. The summed E-state index contributed by atoms with van der Waals surface area (Å²) in [6.07, 6.45) is 1.62. The molecule has 0 fully saturated rings. The molecule has 0 saturated carbocycles. The first kappa shape index (κ1) is 12.7. The van der Waals surface area contributed by atoms with Gasteiger partial charge in [0.05, 0.1) is 18.7 Å². The Bertz CT molecular complexity index is 843. The molecule has 20 heavy (non-hydrogen) atoms. The second-order valence-electron chi connectivity index (χ2n) is 4.35. The van der Waals surface area contributed by atoms with Gasteiger partial charge in [-0.2, -0.15) is 5.10 Å². The molecule has 0 atom stereocenters. The van der Waals surface area contributed by atoms with Gasteiger partial charge in [-0.1, -0.05) is 17.7 Å². The number of benzene rings is 2. The van der Waals surface area contributed by atoms with Gasteiger partial charge in [0.1, 0.15) is 5.75 Å². The van der Waals surface area contributed by atoms with Crippen LogP contribution >= 0.6 is 11.6 Å². The monoisotopic (exact) mass is 286 g/mol. The van der Waals surface area contributed by atoms with Gasteiger partial charge in [0.25, 0.3) is 5.56 Å². The molecule has 3 rings (SSSR count). The van der Waals surface area contributed by atoms with Gasteiger partial charge < -0.3 is 4.74 Å². The fraction of sp³-hybridized carbons (Fsp3) is 0.0667. The van der Waals surface area contributed by atoms with Crippen LogP contribution in [0.1, 0.15) is 0 Å². The standard InChI is InChI=1S/C15H11ClN2O2/c1-20-14-5-3-11(16)7-13(14)9-2-4-12-10(6-9)8-17-18-15(12)19/h2-8H,1H3,(H,18,19). The number of rotatable bonds is 2. The summed E-state index contributed by atoms with van der Waals surface area (Å²) in [6.45, 7) is 0. The van der Waals surface area contributed by atoms with Crippen molar-refractivity contribution in [2.75, 3.05) is 7.11 Å². The van der Waals surface area contributed by atoms with Crippen LogP contribution in [0.15, 0.2) is 47.4 Å². The number of aromatic nitrogens is 2. The molecule has 0 bridgehead atoms. The van der Waals surface area contributed by atoms with E-state index in [1.54, 1.807) is 25.4 Å². The molecule has 1 aromatic heterocycles. The molecule has 5 heteroatoms. The van der Waals surface area contributed by atoms with Gasteiger partial charge in [-0.15, -0.1) is 0 Å². The van der Waals surface area contributed by atoms with Crippen molar-refractivity contribution >= 4 is 22.4 Å². The third-order valence-corrected chi connectivity index (χ3v) is 3.37. The van der Waals surface area contributed by atoms with Gasteiger partial charge in [-0.3, -0.25) is 4.79 Å². The van der Waals surface area contributed by atoms with E-state index in [-0.39, 0.29) is 5.56 Å². The molecule has 0 aliphatic heterocycles. The molecule has 0 amide bonds. The third-order valence-electron chi connectivity index (χ3n) is 3.14. The van der Waals surface area contributed by atoms with Crippen molar-refractivity contribution in [3.8, 4) is 16.9 Å². The van der Waals surface area contributed by atoms with Crippen molar-refractivity contribution in [1.82, 2.24) is 10.2 Å². The van der Waals surface area contributed by atoms with Crippen molar-refractivity contribution in [3.63, 3.8) is 0 Å². The van der Waals surface area contributed by atoms with Gasteiger partial charge in [0, 0.05) is 16.0 Å². The van der Waals surface area contributed by atoms with Crippen molar-refractivity contribution in [1.29, 1.82) is 0 Å². The molecule has 0 unspecified atom stereocenters. The van der Waals surface area contributed by atoms with E-state index in [1.807, 2.05) is 24.3 Å². The second-order valence-corrected chi connectivity index (χ2v) is 4.78. The van der Waals surface area contributed by atoms with Crippen LogP contribution in [-0.4, -0.2) is 17.3 Å². The van der Waals surface area contributed by atoms with Crippen molar-refractivity contribution in [2.24, 2.45) is 0 Å². The number of nitrogens with zero attached hydrogens (tertiary/aromatic N) is 1. The van der Waals surface area contributed by atoms with Crippen LogP contribution in [0.5, 0.6) is 5.75 Å². The van der Waals surface area contributed by atoms with E-state index in [4.69, 9.17) is 16.3 Å². The fourth-order valence-corrected chi connectivity index (χ4v) is 2.34. The predicted molar refractivity (Wildman–Crippen MR) is 79.4 cm³/mol. The predicted octanol–water partition coefficient (Wildman–Crippen LogP) is 3.25. The highest BCUT2D eigenvalue weighted by molar-refractivity contribution is 6.31. The maximum absolute atomic E-state index is 11.6. The van der Waals surface area contributed by atoms with Crippen LogP contribution < -0.4 is 10.3 Å². The summed E-state index contributed by atoms with van der Waals surface area (Å²) >= 11 is 6.04. The Labute approximate surface area is 120 Å². The Kier molecular flexibility index (Phi) is 3.16. The van der Waals surface area contributed by atoms with Gasteiger partial charge in [0.2, 0.25) is 0 Å². The SMILES string of the molecule is COc1ccc(Cl)cc1-c1ccc2c(=O)[nH]ncc2c1. The lowest BCUT2D eigenvalue weighted by Gasteiger charge is -2.09. The van der Waals surface area contributed by atoms with Crippen LogP contribution in [0.3, 0.4) is 0 Å². The first-order chi connectivity index (χ1) is 9.69. The van der Waals surface area contributed by atoms with E-state index in [2.05, 4.69) is 10.2 Å². The molecule has 0 aliphatic carbocycles. The first-order valence-corrected chi connectivity index (χ1v) is 6.38. The number of nitrogens with one attached hydrogen (secondary N) is 1. The lowest BCUT2D eigenvalue weighted by atomic mass is 10.0. The fourth-order valence-electron chi connectivity index (χ4n) is 2.17. The van der Waals surface area contributed by atoms with E-state index >= 15 is 0 Å². The van der Waals surface area contributed by atoms with Gasteiger partial charge in [-0.25, -0.2) is 5.10 Å². The molecule has 0 aliphatic rings. The van der Waals surface area contributed by atoms with Crippen molar-refractivity contribution < 1.29 is 4.74 Å². The number of H-pyrrole nitrogens is 1. The number of hydrogen-bond acceptors (Lipinski definition) is 3. The second kappa shape index (κ2) is 4.98. The number of aromatic amines is 1. The van der Waals surface area contributed by atoms with Crippen LogP contribution in [0, 0.1) is 0 Å². The Hall–Kier alpha value is -2.33. The largest absolute Gasteiger partial charge is 0.496 e. The number of methoxy groups -OCH3 is 1. The lowest BCUT2D eigenvalue weighted by Crippen LogP contribution is -2.07. The molecule has 3 aromatic rings. The minimum atomic E-state index is -0.202. The highest BCUT2D eigenvalue weighted by atomic mass is 35.5. The summed E-state index contributed by atoms with van der Waals surface area (Å²) in [4.78, 5) is 11.6. The van der Waals surface area contributed by atoms with E-state index in [0.717, 1.165) is 22.3 Å². The van der Waals surface area contributed by atoms with Crippen molar-refractivity contribution in [2.45, 2.75) is 0 Å². The normalized spacial score (nSPS) is 10.7. The molecular formula is C15H11ClN2O2. The summed E-state index contributed by atoms with van der Waals surface area (Å²) in [5.41, 5.74) is 1.60. The summed E-state index contributed by atoms with van der Waals surface area (Å²) in [5, 5.41) is 8.23. The molecule has 2 aromatic carbocycles.